The van der Waals surface area contributed by atoms with Crippen molar-refractivity contribution in [3.63, 3.8) is 0 Å². The molecule has 0 radical (unpaired) electrons. The van der Waals surface area contributed by atoms with Crippen LogP contribution in [0, 0.1) is 10.1 Å². The summed E-state index contributed by atoms with van der Waals surface area (Å²) >= 11 is 0. The van der Waals surface area contributed by atoms with Crippen molar-refractivity contribution in [2.24, 2.45) is 0 Å². The van der Waals surface area contributed by atoms with Gasteiger partial charge in [0.15, 0.2) is 0 Å². The lowest BCUT2D eigenvalue weighted by atomic mass is 10.0. The number of nitro groups is 1. The second kappa shape index (κ2) is 7.79. The van der Waals surface area contributed by atoms with E-state index >= 15 is 0 Å². The van der Waals surface area contributed by atoms with E-state index in [1.165, 1.54) is 29.7 Å². The first-order valence-electron chi connectivity index (χ1n) is 8.47. The summed E-state index contributed by atoms with van der Waals surface area (Å²) in [4.78, 5) is 22.2. The third-order valence-corrected chi connectivity index (χ3v) is 4.38. The number of benzene rings is 2. The summed E-state index contributed by atoms with van der Waals surface area (Å²) in [6.07, 6.45) is 3.87. The van der Waals surface area contributed by atoms with E-state index in [0.717, 1.165) is 24.1 Å². The zero-order valence-corrected chi connectivity index (χ0v) is 14.0. The highest BCUT2D eigenvalue weighted by Gasteiger charge is 2.12. The van der Waals surface area contributed by atoms with Gasteiger partial charge in [0.05, 0.1) is 11.3 Å². The van der Waals surface area contributed by atoms with Crippen molar-refractivity contribution in [1.82, 2.24) is 5.32 Å². The van der Waals surface area contributed by atoms with Crippen LogP contribution in [0.1, 0.15) is 23.1 Å². The van der Waals surface area contributed by atoms with Gasteiger partial charge in [0.2, 0.25) is 5.91 Å². The highest BCUT2D eigenvalue weighted by atomic mass is 16.6. The maximum absolute atomic E-state index is 12.0. The van der Waals surface area contributed by atoms with Gasteiger partial charge in [-0.25, -0.2) is 0 Å². The SMILES string of the molecule is O=C(Cc1ccc2c(c1)CCC2)NCCNc1ccc([N+](=O)[O-])cc1. The van der Waals surface area contributed by atoms with Gasteiger partial charge in [0.1, 0.15) is 0 Å². The Hall–Kier alpha value is -2.89. The van der Waals surface area contributed by atoms with E-state index in [2.05, 4.69) is 22.8 Å². The monoisotopic (exact) mass is 339 g/mol. The predicted molar refractivity (Wildman–Crippen MR) is 96.8 cm³/mol. The Balaban J connectivity index is 1.40. The molecule has 3 rings (SSSR count). The van der Waals surface area contributed by atoms with Gasteiger partial charge in [-0.05, 0) is 48.1 Å². The normalized spacial score (nSPS) is 12.5. The Bertz CT molecular complexity index is 772. The molecule has 6 nitrogen and oxygen atoms in total. The van der Waals surface area contributed by atoms with Crippen molar-refractivity contribution < 1.29 is 9.72 Å². The zero-order chi connectivity index (χ0) is 17.6. The second-order valence-electron chi connectivity index (χ2n) is 6.21. The Morgan fingerprint density at radius 2 is 1.80 bits per heavy atom. The molecule has 1 aliphatic rings. The number of amides is 1. The molecule has 25 heavy (non-hydrogen) atoms. The molecule has 1 aliphatic carbocycles. The molecule has 0 unspecified atom stereocenters. The summed E-state index contributed by atoms with van der Waals surface area (Å²) in [6.45, 7) is 1.06. The number of hydrogen-bond donors (Lipinski definition) is 2. The number of rotatable bonds is 7. The van der Waals surface area contributed by atoms with Gasteiger partial charge in [-0.1, -0.05) is 18.2 Å². The van der Waals surface area contributed by atoms with Crippen molar-refractivity contribution in [3.8, 4) is 0 Å². The number of fused-ring (bicyclic) bond motifs is 1. The van der Waals surface area contributed by atoms with Crippen LogP contribution in [-0.2, 0) is 24.1 Å². The van der Waals surface area contributed by atoms with Crippen molar-refractivity contribution >= 4 is 17.3 Å². The molecule has 0 bridgehead atoms. The van der Waals surface area contributed by atoms with Crippen molar-refractivity contribution in [1.29, 1.82) is 0 Å². The topological polar surface area (TPSA) is 84.3 Å². The molecular formula is C19H21N3O3. The Labute approximate surface area is 146 Å². The molecule has 130 valence electrons. The molecule has 1 amide bonds. The zero-order valence-electron chi connectivity index (χ0n) is 14.0. The number of hydrogen-bond acceptors (Lipinski definition) is 4. The molecule has 0 aliphatic heterocycles. The number of nitrogens with one attached hydrogen (secondary N) is 2. The maximum atomic E-state index is 12.0. The minimum atomic E-state index is -0.428. The Morgan fingerprint density at radius 1 is 1.04 bits per heavy atom. The smallest absolute Gasteiger partial charge is 0.269 e. The summed E-state index contributed by atoms with van der Waals surface area (Å²) in [5.41, 5.74) is 4.70. The fourth-order valence-corrected chi connectivity index (χ4v) is 3.09. The summed E-state index contributed by atoms with van der Waals surface area (Å²) < 4.78 is 0. The van der Waals surface area contributed by atoms with E-state index in [9.17, 15) is 14.9 Å². The number of non-ortho nitro benzene ring substituents is 1. The van der Waals surface area contributed by atoms with E-state index in [1.807, 2.05) is 6.07 Å². The van der Waals surface area contributed by atoms with Crippen molar-refractivity contribution in [2.75, 3.05) is 18.4 Å². The van der Waals surface area contributed by atoms with E-state index < -0.39 is 4.92 Å². The number of carbonyl (C=O) groups excluding carboxylic acids is 1. The molecule has 2 aromatic carbocycles. The molecule has 0 saturated carbocycles. The van der Waals surface area contributed by atoms with Crippen LogP contribution < -0.4 is 10.6 Å². The number of anilines is 1. The minimum absolute atomic E-state index is 0.00319. The van der Waals surface area contributed by atoms with Crippen molar-refractivity contribution in [3.05, 3.63) is 69.3 Å². The van der Waals surface area contributed by atoms with Crippen LogP contribution in [0.3, 0.4) is 0 Å². The summed E-state index contributed by atoms with van der Waals surface area (Å²) in [7, 11) is 0. The van der Waals surface area contributed by atoms with Gasteiger partial charge in [-0.15, -0.1) is 0 Å². The number of aryl methyl sites for hydroxylation is 2. The van der Waals surface area contributed by atoms with Gasteiger partial charge < -0.3 is 10.6 Å². The van der Waals surface area contributed by atoms with Crippen LogP contribution in [0.4, 0.5) is 11.4 Å². The van der Waals surface area contributed by atoms with Crippen LogP contribution in [0.2, 0.25) is 0 Å². The predicted octanol–water partition coefficient (Wildman–Crippen LogP) is 2.85. The first kappa shape index (κ1) is 17.0. The summed E-state index contributed by atoms with van der Waals surface area (Å²) in [5.74, 6) is 0.00319. The van der Waals surface area contributed by atoms with Gasteiger partial charge in [0.25, 0.3) is 5.69 Å². The first-order chi connectivity index (χ1) is 12.1. The van der Waals surface area contributed by atoms with E-state index in [1.54, 1.807) is 12.1 Å². The van der Waals surface area contributed by atoms with Crippen LogP contribution in [-0.4, -0.2) is 23.9 Å². The molecule has 0 aromatic heterocycles. The van der Waals surface area contributed by atoms with Crippen LogP contribution in [0.15, 0.2) is 42.5 Å². The first-order valence-corrected chi connectivity index (χ1v) is 8.47. The fourth-order valence-electron chi connectivity index (χ4n) is 3.09. The molecule has 0 saturated heterocycles. The van der Waals surface area contributed by atoms with E-state index in [4.69, 9.17) is 0 Å². The van der Waals surface area contributed by atoms with E-state index in [-0.39, 0.29) is 11.6 Å². The second-order valence-corrected chi connectivity index (χ2v) is 6.21. The molecule has 0 atom stereocenters. The fraction of sp³-hybridized carbons (Fsp3) is 0.316. The summed E-state index contributed by atoms with van der Waals surface area (Å²) in [6, 6.07) is 12.6. The van der Waals surface area contributed by atoms with Crippen LogP contribution in [0.25, 0.3) is 0 Å². The lowest BCUT2D eigenvalue weighted by molar-refractivity contribution is -0.384. The average Bonchev–Trinajstić information content (AvgIpc) is 3.07. The highest BCUT2D eigenvalue weighted by Crippen LogP contribution is 2.23. The lowest BCUT2D eigenvalue weighted by Crippen LogP contribution is -2.30. The number of nitro benzene ring substituents is 1. The van der Waals surface area contributed by atoms with Gasteiger partial charge in [-0.2, -0.15) is 0 Å². The highest BCUT2D eigenvalue weighted by molar-refractivity contribution is 5.78. The summed E-state index contributed by atoms with van der Waals surface area (Å²) in [5, 5.41) is 16.6. The third kappa shape index (κ3) is 4.56. The lowest BCUT2D eigenvalue weighted by Gasteiger charge is -2.09. The van der Waals surface area contributed by atoms with Gasteiger partial charge in [0, 0.05) is 30.9 Å². The largest absolute Gasteiger partial charge is 0.383 e. The van der Waals surface area contributed by atoms with E-state index in [0.29, 0.717) is 19.5 Å². The minimum Gasteiger partial charge on any atom is -0.383 e. The standard InChI is InChI=1S/C19H21N3O3/c23-19(13-14-4-5-15-2-1-3-16(15)12-14)21-11-10-20-17-6-8-18(9-7-17)22(24)25/h4-9,12,20H,1-3,10-11,13H2,(H,21,23). The molecule has 0 fully saturated rings. The third-order valence-electron chi connectivity index (χ3n) is 4.38. The van der Waals surface area contributed by atoms with Gasteiger partial charge >= 0.3 is 0 Å². The molecule has 2 aromatic rings. The maximum Gasteiger partial charge on any atom is 0.269 e. The average molecular weight is 339 g/mol. The van der Waals surface area contributed by atoms with Crippen LogP contribution >= 0.6 is 0 Å². The van der Waals surface area contributed by atoms with Crippen molar-refractivity contribution in [2.45, 2.75) is 25.7 Å². The quantitative estimate of drug-likeness (QED) is 0.461. The molecular weight excluding hydrogens is 318 g/mol. The van der Waals surface area contributed by atoms with Gasteiger partial charge in [-0.3, -0.25) is 14.9 Å². The number of nitrogens with zero attached hydrogens (tertiary/aromatic N) is 1. The molecule has 6 heteroatoms. The Kier molecular flexibility index (Phi) is 5.28. The number of carbonyl (C=O) groups is 1. The van der Waals surface area contributed by atoms with Crippen LogP contribution in [0.5, 0.6) is 0 Å². The Morgan fingerprint density at radius 3 is 2.56 bits per heavy atom. The molecule has 0 heterocycles. The molecule has 2 N–H and O–H groups in total. The molecule has 0 spiro atoms.